The third-order valence-corrected chi connectivity index (χ3v) is 7.48. The SMILES string of the molecule is Cc1cc(S(=O)(=O)Nc2ccc(Cl)c(Br)c2)sc1Br. The standard InChI is InChI=1S/C11H8Br2ClNO2S2/c1-6-4-10(18-11(6)13)19(16,17)15-7-2-3-9(14)8(12)5-7/h2-5,15H,1H3. The van der Waals surface area contributed by atoms with Crippen molar-refractivity contribution < 1.29 is 8.42 Å². The Morgan fingerprint density at radius 2 is 1.95 bits per heavy atom. The molecule has 0 bridgehead atoms. The van der Waals surface area contributed by atoms with E-state index in [4.69, 9.17) is 11.6 Å². The minimum atomic E-state index is -3.57. The highest BCUT2D eigenvalue weighted by Gasteiger charge is 2.18. The lowest BCUT2D eigenvalue weighted by molar-refractivity contribution is 0.603. The van der Waals surface area contributed by atoms with Crippen LogP contribution >= 0.6 is 54.8 Å². The smallest absolute Gasteiger partial charge is 0.271 e. The summed E-state index contributed by atoms with van der Waals surface area (Å²) in [6.45, 7) is 1.85. The van der Waals surface area contributed by atoms with Crippen LogP contribution in [0.1, 0.15) is 5.56 Å². The topological polar surface area (TPSA) is 46.2 Å². The molecule has 0 fully saturated rings. The summed E-state index contributed by atoms with van der Waals surface area (Å²) in [5.41, 5.74) is 1.35. The van der Waals surface area contributed by atoms with Crippen LogP contribution in [0.5, 0.6) is 0 Å². The summed E-state index contributed by atoms with van der Waals surface area (Å²) in [4.78, 5) is 0. The molecule has 0 spiro atoms. The van der Waals surface area contributed by atoms with Gasteiger partial charge in [0.25, 0.3) is 10.0 Å². The van der Waals surface area contributed by atoms with Crippen LogP contribution in [0.15, 0.2) is 36.7 Å². The highest BCUT2D eigenvalue weighted by molar-refractivity contribution is 9.11. The predicted molar refractivity (Wildman–Crippen MR) is 86.7 cm³/mol. The predicted octanol–water partition coefficient (Wildman–Crippen LogP) is 5.04. The third kappa shape index (κ3) is 3.52. The maximum Gasteiger partial charge on any atom is 0.271 e. The van der Waals surface area contributed by atoms with Gasteiger partial charge in [0.1, 0.15) is 4.21 Å². The Morgan fingerprint density at radius 3 is 2.47 bits per heavy atom. The first-order valence-corrected chi connectivity index (χ1v) is 9.30. The fraction of sp³-hybridized carbons (Fsp3) is 0.0909. The zero-order valence-corrected chi connectivity index (χ0v) is 15.1. The molecule has 0 aliphatic carbocycles. The molecule has 102 valence electrons. The van der Waals surface area contributed by atoms with E-state index in [1.54, 1.807) is 24.3 Å². The number of sulfonamides is 1. The van der Waals surface area contributed by atoms with Crippen LogP contribution in [-0.2, 0) is 10.0 Å². The molecule has 2 rings (SSSR count). The van der Waals surface area contributed by atoms with Gasteiger partial charge in [-0.3, -0.25) is 4.72 Å². The fourth-order valence-corrected chi connectivity index (χ4v) is 5.10. The molecule has 0 aliphatic rings. The second-order valence-electron chi connectivity index (χ2n) is 3.76. The van der Waals surface area contributed by atoms with Crippen molar-refractivity contribution in [2.75, 3.05) is 4.72 Å². The normalized spacial score (nSPS) is 11.6. The Morgan fingerprint density at radius 1 is 1.26 bits per heavy atom. The number of anilines is 1. The number of hydrogen-bond donors (Lipinski definition) is 1. The Labute approximate surface area is 137 Å². The molecule has 3 nitrogen and oxygen atoms in total. The van der Waals surface area contributed by atoms with Crippen molar-refractivity contribution >= 4 is 70.5 Å². The van der Waals surface area contributed by atoms with Crippen LogP contribution in [-0.4, -0.2) is 8.42 Å². The lowest BCUT2D eigenvalue weighted by Crippen LogP contribution is -2.11. The summed E-state index contributed by atoms with van der Waals surface area (Å²) in [5, 5.41) is 0.526. The van der Waals surface area contributed by atoms with E-state index in [2.05, 4.69) is 36.6 Å². The van der Waals surface area contributed by atoms with Gasteiger partial charge in [-0.2, -0.15) is 0 Å². The average molecular weight is 446 g/mol. The fourth-order valence-electron chi connectivity index (χ4n) is 1.33. The van der Waals surface area contributed by atoms with Gasteiger partial charge in [0.2, 0.25) is 0 Å². The summed E-state index contributed by atoms with van der Waals surface area (Å²) in [5.74, 6) is 0. The highest BCUT2D eigenvalue weighted by atomic mass is 79.9. The maximum atomic E-state index is 12.2. The molecular weight excluding hydrogens is 438 g/mol. The average Bonchev–Trinajstić information content (AvgIpc) is 2.65. The van der Waals surface area contributed by atoms with E-state index < -0.39 is 10.0 Å². The largest absolute Gasteiger partial charge is 0.279 e. The third-order valence-electron chi connectivity index (χ3n) is 2.27. The van der Waals surface area contributed by atoms with Gasteiger partial charge in [-0.05, 0) is 68.6 Å². The van der Waals surface area contributed by atoms with Crippen LogP contribution in [0, 0.1) is 6.92 Å². The number of benzene rings is 1. The molecule has 0 aliphatic heterocycles. The quantitative estimate of drug-likeness (QED) is 0.720. The number of halogens is 3. The van der Waals surface area contributed by atoms with E-state index in [0.29, 0.717) is 15.2 Å². The molecule has 1 aromatic carbocycles. The zero-order chi connectivity index (χ0) is 14.2. The van der Waals surface area contributed by atoms with Gasteiger partial charge in [-0.25, -0.2) is 8.42 Å². The Bertz CT molecular complexity index is 709. The zero-order valence-electron chi connectivity index (χ0n) is 9.58. The minimum absolute atomic E-state index is 0.267. The Balaban J connectivity index is 2.33. The summed E-state index contributed by atoms with van der Waals surface area (Å²) >= 11 is 13.6. The molecule has 2 aromatic rings. The molecule has 0 saturated carbocycles. The van der Waals surface area contributed by atoms with Gasteiger partial charge in [0.15, 0.2) is 0 Å². The van der Waals surface area contributed by atoms with Crippen LogP contribution in [0.3, 0.4) is 0 Å². The van der Waals surface area contributed by atoms with E-state index >= 15 is 0 Å². The second-order valence-corrected chi connectivity index (χ2v) is 9.30. The number of aryl methyl sites for hydroxylation is 1. The molecular formula is C11H8Br2ClNO2S2. The van der Waals surface area contributed by atoms with E-state index in [1.165, 1.54) is 11.3 Å². The van der Waals surface area contributed by atoms with E-state index in [-0.39, 0.29) is 4.21 Å². The summed E-state index contributed by atoms with van der Waals surface area (Å²) in [6.07, 6.45) is 0. The molecule has 0 unspecified atom stereocenters. The lowest BCUT2D eigenvalue weighted by atomic mass is 10.3. The molecule has 0 atom stereocenters. The number of thiophene rings is 1. The molecule has 0 radical (unpaired) electrons. The van der Waals surface area contributed by atoms with Gasteiger partial charge in [0.05, 0.1) is 14.5 Å². The van der Waals surface area contributed by atoms with Gasteiger partial charge >= 0.3 is 0 Å². The van der Waals surface area contributed by atoms with E-state index in [0.717, 1.165) is 9.35 Å². The van der Waals surface area contributed by atoms with Gasteiger partial charge in [0, 0.05) is 4.47 Å². The number of nitrogens with one attached hydrogen (secondary N) is 1. The Kier molecular flexibility index (Phi) is 4.62. The van der Waals surface area contributed by atoms with Crippen molar-refractivity contribution in [3.63, 3.8) is 0 Å². The van der Waals surface area contributed by atoms with Crippen LogP contribution in [0.4, 0.5) is 5.69 Å². The molecule has 1 heterocycles. The minimum Gasteiger partial charge on any atom is -0.279 e. The van der Waals surface area contributed by atoms with Crippen LogP contribution in [0.25, 0.3) is 0 Å². The van der Waals surface area contributed by atoms with Crippen molar-refractivity contribution in [3.8, 4) is 0 Å². The van der Waals surface area contributed by atoms with Crippen molar-refractivity contribution in [3.05, 3.63) is 43.1 Å². The van der Waals surface area contributed by atoms with Crippen molar-refractivity contribution in [2.24, 2.45) is 0 Å². The van der Waals surface area contributed by atoms with Gasteiger partial charge in [-0.15, -0.1) is 11.3 Å². The van der Waals surface area contributed by atoms with Crippen molar-refractivity contribution in [1.82, 2.24) is 0 Å². The molecule has 1 aromatic heterocycles. The highest BCUT2D eigenvalue weighted by Crippen LogP contribution is 2.32. The van der Waals surface area contributed by atoms with Crippen LogP contribution in [0.2, 0.25) is 5.02 Å². The molecule has 0 saturated heterocycles. The molecule has 0 amide bonds. The molecule has 1 N–H and O–H groups in total. The summed E-state index contributed by atoms with van der Waals surface area (Å²) < 4.78 is 28.6. The van der Waals surface area contributed by atoms with Gasteiger partial charge < -0.3 is 0 Å². The first-order chi connectivity index (χ1) is 8.79. The first-order valence-electron chi connectivity index (χ1n) is 5.03. The number of hydrogen-bond acceptors (Lipinski definition) is 3. The second kappa shape index (κ2) is 5.73. The summed E-state index contributed by atoms with van der Waals surface area (Å²) in [7, 11) is -3.57. The number of rotatable bonds is 3. The van der Waals surface area contributed by atoms with Crippen molar-refractivity contribution in [2.45, 2.75) is 11.1 Å². The first kappa shape index (κ1) is 15.3. The monoisotopic (exact) mass is 443 g/mol. The summed E-state index contributed by atoms with van der Waals surface area (Å²) in [6, 6.07) is 6.48. The van der Waals surface area contributed by atoms with Crippen molar-refractivity contribution in [1.29, 1.82) is 0 Å². The Hall–Kier alpha value is -0.0800. The maximum absolute atomic E-state index is 12.2. The van der Waals surface area contributed by atoms with E-state index in [9.17, 15) is 8.42 Å². The van der Waals surface area contributed by atoms with E-state index in [1.807, 2.05) is 6.92 Å². The van der Waals surface area contributed by atoms with Crippen LogP contribution < -0.4 is 4.72 Å². The lowest BCUT2D eigenvalue weighted by Gasteiger charge is -2.07. The van der Waals surface area contributed by atoms with Gasteiger partial charge in [-0.1, -0.05) is 11.6 Å². The molecule has 19 heavy (non-hydrogen) atoms. The molecule has 8 heteroatoms.